The van der Waals surface area contributed by atoms with Gasteiger partial charge in [0, 0.05) is 24.0 Å². The predicted octanol–water partition coefficient (Wildman–Crippen LogP) is 2.06. The molecule has 0 saturated carbocycles. The number of nitrogens with zero attached hydrogens (tertiary/aromatic N) is 1. The number of hydrogen-bond donors (Lipinski definition) is 1. The van der Waals surface area contributed by atoms with Crippen molar-refractivity contribution in [1.29, 1.82) is 0 Å². The molecule has 0 radical (unpaired) electrons. The van der Waals surface area contributed by atoms with E-state index in [2.05, 4.69) is 15.9 Å². The zero-order valence-electron chi connectivity index (χ0n) is 10.3. The number of halogens is 1. The van der Waals surface area contributed by atoms with E-state index in [1.165, 1.54) is 21.1 Å². The molecule has 0 spiro atoms. The lowest BCUT2D eigenvalue weighted by molar-refractivity contribution is -0.148. The molecule has 1 atom stereocenters. The number of amides is 1. The summed E-state index contributed by atoms with van der Waals surface area (Å²) in [5.41, 5.74) is 0.428. The number of ether oxygens (including phenoxy) is 1. The maximum atomic E-state index is 11.4. The smallest absolute Gasteiger partial charge is 0.331 e. The largest absolute Gasteiger partial charge is 0.496 e. The number of hydrogen-bond acceptors (Lipinski definition) is 3. The number of aliphatic carboxylic acids is 1. The van der Waals surface area contributed by atoms with Crippen LogP contribution in [0.5, 0.6) is 5.75 Å². The van der Waals surface area contributed by atoms with Crippen molar-refractivity contribution >= 4 is 27.8 Å². The Morgan fingerprint density at radius 3 is 2.50 bits per heavy atom. The van der Waals surface area contributed by atoms with Gasteiger partial charge in [0.1, 0.15) is 5.75 Å². The highest BCUT2D eigenvalue weighted by Crippen LogP contribution is 2.31. The Bertz CT molecular complexity index is 475. The van der Waals surface area contributed by atoms with Crippen LogP contribution in [-0.4, -0.2) is 36.0 Å². The number of likely N-dealkylation sites (N-methyl/N-ethyl adjacent to an activating group) is 1. The molecule has 18 heavy (non-hydrogen) atoms. The minimum atomic E-state index is -1.11. The fourth-order valence-corrected chi connectivity index (χ4v) is 1.99. The van der Waals surface area contributed by atoms with E-state index in [9.17, 15) is 14.7 Å². The van der Waals surface area contributed by atoms with Gasteiger partial charge in [0.15, 0.2) is 6.04 Å². The first-order valence-corrected chi connectivity index (χ1v) is 5.97. The summed E-state index contributed by atoms with van der Waals surface area (Å²) in [4.78, 5) is 23.9. The maximum Gasteiger partial charge on any atom is 0.331 e. The van der Waals surface area contributed by atoms with Crippen molar-refractivity contribution in [2.24, 2.45) is 0 Å². The van der Waals surface area contributed by atoms with Gasteiger partial charge in [-0.1, -0.05) is 15.9 Å². The summed E-state index contributed by atoms with van der Waals surface area (Å²) in [7, 11) is 2.90. The molecule has 0 aliphatic carbocycles. The zero-order valence-corrected chi connectivity index (χ0v) is 11.9. The molecule has 0 aromatic heterocycles. The number of rotatable bonds is 4. The predicted molar refractivity (Wildman–Crippen MR) is 69.5 cm³/mol. The standard InChI is InChI=1S/C12H14BrNO4/c1-7(15)14(2)11(12(16)17)9-6-8(13)4-5-10(9)18-3/h4-6,11H,1-3H3,(H,16,17). The van der Waals surface area contributed by atoms with E-state index in [1.807, 2.05) is 0 Å². The third kappa shape index (κ3) is 3.01. The summed E-state index contributed by atoms with van der Waals surface area (Å²) in [5.74, 6) is -1.01. The van der Waals surface area contributed by atoms with Crippen molar-refractivity contribution in [3.63, 3.8) is 0 Å². The average molecular weight is 316 g/mol. The van der Waals surface area contributed by atoms with Crippen LogP contribution in [0, 0.1) is 0 Å². The maximum absolute atomic E-state index is 11.4. The number of benzene rings is 1. The number of carbonyl (C=O) groups is 2. The molecule has 0 saturated heterocycles. The summed E-state index contributed by atoms with van der Waals surface area (Å²) >= 11 is 3.28. The highest BCUT2D eigenvalue weighted by Gasteiger charge is 2.29. The van der Waals surface area contributed by atoms with Gasteiger partial charge in [-0.15, -0.1) is 0 Å². The van der Waals surface area contributed by atoms with Crippen molar-refractivity contribution in [1.82, 2.24) is 4.90 Å². The normalized spacial score (nSPS) is 11.8. The molecule has 1 aromatic rings. The highest BCUT2D eigenvalue weighted by atomic mass is 79.9. The average Bonchev–Trinajstić information content (AvgIpc) is 2.28. The molecule has 1 N–H and O–H groups in total. The molecule has 1 rings (SSSR count). The Kier molecular flexibility index (Phi) is 4.72. The number of carboxylic acid groups (broad SMARTS) is 1. The van der Waals surface area contributed by atoms with Crippen LogP contribution in [0.1, 0.15) is 18.5 Å². The van der Waals surface area contributed by atoms with E-state index in [4.69, 9.17) is 4.74 Å². The van der Waals surface area contributed by atoms with Gasteiger partial charge in [-0.05, 0) is 18.2 Å². The van der Waals surface area contributed by atoms with Gasteiger partial charge in [0.25, 0.3) is 0 Å². The van der Waals surface area contributed by atoms with E-state index < -0.39 is 12.0 Å². The Hall–Kier alpha value is -1.56. The van der Waals surface area contributed by atoms with Crippen molar-refractivity contribution in [3.05, 3.63) is 28.2 Å². The van der Waals surface area contributed by atoms with E-state index in [1.54, 1.807) is 18.2 Å². The minimum Gasteiger partial charge on any atom is -0.496 e. The van der Waals surface area contributed by atoms with Crippen LogP contribution in [-0.2, 0) is 9.59 Å². The fraction of sp³-hybridized carbons (Fsp3) is 0.333. The molecular weight excluding hydrogens is 302 g/mol. The second-order valence-corrected chi connectivity index (χ2v) is 4.67. The second kappa shape index (κ2) is 5.86. The van der Waals surface area contributed by atoms with Crippen molar-refractivity contribution in [3.8, 4) is 5.75 Å². The molecule has 1 aromatic carbocycles. The highest BCUT2D eigenvalue weighted by molar-refractivity contribution is 9.10. The van der Waals surface area contributed by atoms with Crippen LogP contribution < -0.4 is 4.74 Å². The van der Waals surface area contributed by atoms with Gasteiger partial charge in [-0.25, -0.2) is 4.79 Å². The molecule has 6 heteroatoms. The Morgan fingerprint density at radius 2 is 2.06 bits per heavy atom. The van der Waals surface area contributed by atoms with Crippen LogP contribution in [0.2, 0.25) is 0 Å². The van der Waals surface area contributed by atoms with E-state index in [0.717, 1.165) is 9.37 Å². The first-order valence-electron chi connectivity index (χ1n) is 5.18. The van der Waals surface area contributed by atoms with Crippen molar-refractivity contribution in [2.75, 3.05) is 14.2 Å². The van der Waals surface area contributed by atoms with Crippen LogP contribution >= 0.6 is 15.9 Å². The van der Waals surface area contributed by atoms with Gasteiger partial charge >= 0.3 is 5.97 Å². The molecule has 0 aliphatic rings. The first kappa shape index (κ1) is 14.5. The third-order valence-corrected chi connectivity index (χ3v) is 3.10. The minimum absolute atomic E-state index is 0.329. The Morgan fingerprint density at radius 1 is 1.44 bits per heavy atom. The fourth-order valence-electron chi connectivity index (χ4n) is 1.61. The summed E-state index contributed by atoms with van der Waals surface area (Å²) in [6.45, 7) is 1.32. The Labute approximate surface area is 113 Å². The van der Waals surface area contributed by atoms with Gasteiger partial charge < -0.3 is 14.7 Å². The Balaban J connectivity index is 3.33. The molecule has 0 fully saturated rings. The van der Waals surface area contributed by atoms with Crippen LogP contribution in [0.15, 0.2) is 22.7 Å². The summed E-state index contributed by atoms with van der Waals surface area (Å²) in [5, 5.41) is 9.29. The van der Waals surface area contributed by atoms with Crippen molar-refractivity contribution in [2.45, 2.75) is 13.0 Å². The monoisotopic (exact) mass is 315 g/mol. The summed E-state index contributed by atoms with van der Waals surface area (Å²) < 4.78 is 5.86. The SMILES string of the molecule is COc1ccc(Br)cc1C(C(=O)O)N(C)C(C)=O. The van der Waals surface area contributed by atoms with Gasteiger partial charge in [-0.2, -0.15) is 0 Å². The van der Waals surface area contributed by atoms with Crippen molar-refractivity contribution < 1.29 is 19.4 Å². The van der Waals surface area contributed by atoms with E-state index in [0.29, 0.717) is 11.3 Å². The van der Waals surface area contributed by atoms with Crippen LogP contribution in [0.3, 0.4) is 0 Å². The third-order valence-electron chi connectivity index (χ3n) is 2.60. The molecular formula is C12H14BrNO4. The molecule has 0 heterocycles. The van der Waals surface area contributed by atoms with Gasteiger partial charge in [0.05, 0.1) is 7.11 Å². The number of carboxylic acids is 1. The van der Waals surface area contributed by atoms with Crippen LogP contribution in [0.25, 0.3) is 0 Å². The molecule has 1 unspecified atom stereocenters. The first-order chi connectivity index (χ1) is 8.38. The number of methoxy groups -OCH3 is 1. The van der Waals surface area contributed by atoms with E-state index >= 15 is 0 Å². The zero-order chi connectivity index (χ0) is 13.9. The molecule has 5 nitrogen and oxygen atoms in total. The summed E-state index contributed by atoms with van der Waals surface area (Å²) in [6.07, 6.45) is 0. The second-order valence-electron chi connectivity index (χ2n) is 3.76. The van der Waals surface area contributed by atoms with Crippen LogP contribution in [0.4, 0.5) is 0 Å². The van der Waals surface area contributed by atoms with Gasteiger partial charge in [-0.3, -0.25) is 4.79 Å². The van der Waals surface area contributed by atoms with E-state index in [-0.39, 0.29) is 5.91 Å². The lowest BCUT2D eigenvalue weighted by atomic mass is 10.0. The molecule has 0 aliphatic heterocycles. The summed E-state index contributed by atoms with van der Waals surface area (Å²) in [6, 6.07) is 3.96. The van der Waals surface area contributed by atoms with Gasteiger partial charge in [0.2, 0.25) is 5.91 Å². The molecule has 98 valence electrons. The quantitative estimate of drug-likeness (QED) is 0.923. The lowest BCUT2D eigenvalue weighted by Gasteiger charge is -2.25. The number of carbonyl (C=O) groups excluding carboxylic acids is 1. The lowest BCUT2D eigenvalue weighted by Crippen LogP contribution is -2.34. The molecule has 0 bridgehead atoms. The molecule has 1 amide bonds. The topological polar surface area (TPSA) is 66.8 Å².